The van der Waals surface area contributed by atoms with E-state index in [0.717, 1.165) is 16.2 Å². The summed E-state index contributed by atoms with van der Waals surface area (Å²) in [7, 11) is 0. The third-order valence-electron chi connectivity index (χ3n) is 3.38. The molecule has 0 spiro atoms. The molecule has 21 heavy (non-hydrogen) atoms. The van der Waals surface area contributed by atoms with Crippen LogP contribution in [0.4, 0.5) is 0 Å². The summed E-state index contributed by atoms with van der Waals surface area (Å²) in [6.45, 7) is 7.87. The second-order valence-electron chi connectivity index (χ2n) is 5.51. The number of ether oxygens (including phenoxy) is 2. The predicted octanol–water partition coefficient (Wildman–Crippen LogP) is 2.93. The molecule has 1 aliphatic rings. The van der Waals surface area contributed by atoms with Crippen LogP contribution in [-0.2, 0) is 9.47 Å². The molecule has 0 saturated carbocycles. The highest BCUT2D eigenvalue weighted by Crippen LogP contribution is 2.17. The number of carbonyl (C=O) groups excluding carboxylic acids is 1. The van der Waals surface area contributed by atoms with Gasteiger partial charge in [-0.05, 0) is 39.3 Å². The molecule has 0 aromatic carbocycles. The second kappa shape index (κ2) is 7.73. The van der Waals surface area contributed by atoms with Gasteiger partial charge < -0.3 is 14.8 Å². The monoisotopic (exact) mass is 309 g/mol. The maximum Gasteiger partial charge on any atom is 0.261 e. The number of aryl methyl sites for hydroxylation is 1. The number of nitrogens with one attached hydrogen (secondary N) is 1. The highest BCUT2D eigenvalue weighted by atomic mass is 32.1. The number of amides is 1. The number of rotatable bonds is 5. The first-order valence-corrected chi connectivity index (χ1v) is 8.08. The number of thiophene rings is 1. The zero-order chi connectivity index (χ0) is 15.2. The summed E-state index contributed by atoms with van der Waals surface area (Å²) in [5, 5.41) is 3.04. The highest BCUT2D eigenvalue weighted by Gasteiger charge is 2.28. The van der Waals surface area contributed by atoms with E-state index in [-0.39, 0.29) is 18.1 Å². The summed E-state index contributed by atoms with van der Waals surface area (Å²) in [5.74, 6) is -0.0422. The van der Waals surface area contributed by atoms with Crippen LogP contribution in [0.15, 0.2) is 23.8 Å². The van der Waals surface area contributed by atoms with Gasteiger partial charge in [-0.15, -0.1) is 11.3 Å². The first-order chi connectivity index (χ1) is 10.1. The van der Waals surface area contributed by atoms with E-state index < -0.39 is 0 Å². The molecule has 1 fully saturated rings. The molecule has 0 unspecified atom stereocenters. The van der Waals surface area contributed by atoms with Crippen molar-refractivity contribution in [1.29, 1.82) is 0 Å². The fourth-order valence-electron chi connectivity index (χ4n) is 2.19. The summed E-state index contributed by atoms with van der Waals surface area (Å²) >= 11 is 1.50. The fourth-order valence-corrected chi connectivity index (χ4v) is 2.96. The number of carbonyl (C=O) groups is 1. The zero-order valence-electron chi connectivity index (χ0n) is 12.8. The number of allylic oxidation sites excluding steroid dienone is 1. The van der Waals surface area contributed by atoms with Gasteiger partial charge in [-0.2, -0.15) is 0 Å². The summed E-state index contributed by atoms with van der Waals surface area (Å²) < 4.78 is 11.4. The van der Waals surface area contributed by atoms with E-state index in [4.69, 9.17) is 9.47 Å². The fraction of sp³-hybridized carbons (Fsp3) is 0.562. The minimum Gasteiger partial charge on any atom is -0.379 e. The largest absolute Gasteiger partial charge is 0.379 e. The average molecular weight is 309 g/mol. The van der Waals surface area contributed by atoms with Crippen LogP contribution in [-0.4, -0.2) is 37.9 Å². The predicted molar refractivity (Wildman–Crippen MR) is 84.9 cm³/mol. The maximum absolute atomic E-state index is 12.2. The molecule has 116 valence electrons. The molecule has 1 N–H and O–H groups in total. The summed E-state index contributed by atoms with van der Waals surface area (Å²) in [6, 6.07) is 3.73. The van der Waals surface area contributed by atoms with Crippen molar-refractivity contribution in [2.75, 3.05) is 19.8 Å². The van der Waals surface area contributed by atoms with Gasteiger partial charge in [0.1, 0.15) is 0 Å². The molecule has 4 nitrogen and oxygen atoms in total. The lowest BCUT2D eigenvalue weighted by atomic mass is 10.1. The van der Waals surface area contributed by atoms with Crippen molar-refractivity contribution < 1.29 is 14.3 Å². The van der Waals surface area contributed by atoms with Gasteiger partial charge in [0, 0.05) is 11.5 Å². The Kier molecular flexibility index (Phi) is 5.96. The molecule has 1 saturated heterocycles. The van der Waals surface area contributed by atoms with Crippen LogP contribution in [0.3, 0.4) is 0 Å². The molecule has 0 bridgehead atoms. The maximum atomic E-state index is 12.2. The molecule has 1 aromatic rings. The van der Waals surface area contributed by atoms with Gasteiger partial charge in [0.15, 0.2) is 0 Å². The van der Waals surface area contributed by atoms with E-state index in [0.29, 0.717) is 19.8 Å². The molecule has 2 heterocycles. The summed E-state index contributed by atoms with van der Waals surface area (Å²) in [6.07, 6.45) is 2.88. The first kappa shape index (κ1) is 16.2. The van der Waals surface area contributed by atoms with Crippen molar-refractivity contribution in [3.05, 3.63) is 33.5 Å². The van der Waals surface area contributed by atoms with Gasteiger partial charge in [0.2, 0.25) is 0 Å². The van der Waals surface area contributed by atoms with Crippen LogP contribution in [0.1, 0.15) is 34.8 Å². The Bertz CT molecular complexity index is 505. The van der Waals surface area contributed by atoms with E-state index in [9.17, 15) is 4.79 Å². The highest BCUT2D eigenvalue weighted by molar-refractivity contribution is 7.13. The van der Waals surface area contributed by atoms with Gasteiger partial charge >= 0.3 is 0 Å². The van der Waals surface area contributed by atoms with E-state index in [2.05, 4.69) is 11.4 Å². The SMILES string of the molecule is CC(C)=CCO[C@H]1CCOC[C@H]1NC(=O)c1ccc(C)s1. The molecule has 1 aliphatic heterocycles. The Morgan fingerprint density at radius 2 is 2.33 bits per heavy atom. The van der Waals surface area contributed by atoms with E-state index in [1.165, 1.54) is 16.9 Å². The van der Waals surface area contributed by atoms with Gasteiger partial charge in [-0.3, -0.25) is 4.79 Å². The van der Waals surface area contributed by atoms with Gasteiger partial charge in [-0.25, -0.2) is 0 Å². The third kappa shape index (κ3) is 4.95. The Hall–Kier alpha value is -1.17. The standard InChI is InChI=1S/C16H23NO3S/c1-11(2)6-9-20-14-7-8-19-10-13(14)17-16(18)15-5-4-12(3)21-15/h4-6,13-14H,7-10H2,1-3H3,(H,17,18)/t13-,14+/m1/s1. The molecule has 1 aromatic heterocycles. The lowest BCUT2D eigenvalue weighted by molar-refractivity contribution is -0.0457. The first-order valence-electron chi connectivity index (χ1n) is 7.26. The lowest BCUT2D eigenvalue weighted by Crippen LogP contribution is -2.50. The van der Waals surface area contributed by atoms with Crippen molar-refractivity contribution in [1.82, 2.24) is 5.32 Å². The van der Waals surface area contributed by atoms with Crippen molar-refractivity contribution in [3.8, 4) is 0 Å². The smallest absolute Gasteiger partial charge is 0.261 e. The lowest BCUT2D eigenvalue weighted by Gasteiger charge is -2.31. The van der Waals surface area contributed by atoms with Crippen LogP contribution in [0.2, 0.25) is 0 Å². The van der Waals surface area contributed by atoms with Gasteiger partial charge in [0.25, 0.3) is 5.91 Å². The molecule has 1 amide bonds. The van der Waals surface area contributed by atoms with Gasteiger partial charge in [0.05, 0.1) is 30.2 Å². The number of hydrogen-bond acceptors (Lipinski definition) is 4. The summed E-state index contributed by atoms with van der Waals surface area (Å²) in [5.41, 5.74) is 1.23. The van der Waals surface area contributed by atoms with Crippen molar-refractivity contribution >= 4 is 17.2 Å². The summed E-state index contributed by atoms with van der Waals surface area (Å²) in [4.78, 5) is 14.1. The van der Waals surface area contributed by atoms with Crippen LogP contribution < -0.4 is 5.32 Å². The van der Waals surface area contributed by atoms with E-state index >= 15 is 0 Å². The minimum atomic E-state index is -0.0841. The van der Waals surface area contributed by atoms with Crippen molar-refractivity contribution in [2.45, 2.75) is 39.3 Å². The molecule has 0 aliphatic carbocycles. The Labute approximate surface area is 130 Å². The molecule has 2 rings (SSSR count). The quantitative estimate of drug-likeness (QED) is 0.851. The third-order valence-corrected chi connectivity index (χ3v) is 4.37. The molecular formula is C16H23NO3S. The van der Waals surface area contributed by atoms with Crippen LogP contribution in [0.25, 0.3) is 0 Å². The van der Waals surface area contributed by atoms with Crippen LogP contribution in [0.5, 0.6) is 0 Å². The molecular weight excluding hydrogens is 286 g/mol. The van der Waals surface area contributed by atoms with Crippen LogP contribution >= 0.6 is 11.3 Å². The minimum absolute atomic E-state index is 0.0133. The topological polar surface area (TPSA) is 47.6 Å². The second-order valence-corrected chi connectivity index (χ2v) is 6.80. The van der Waals surface area contributed by atoms with Gasteiger partial charge in [-0.1, -0.05) is 11.6 Å². The molecule has 5 heteroatoms. The van der Waals surface area contributed by atoms with Crippen molar-refractivity contribution in [3.63, 3.8) is 0 Å². The van der Waals surface area contributed by atoms with Crippen LogP contribution in [0, 0.1) is 6.92 Å². The Balaban J connectivity index is 1.92. The zero-order valence-corrected chi connectivity index (χ0v) is 13.7. The normalized spacial score (nSPS) is 21.9. The van der Waals surface area contributed by atoms with Crippen molar-refractivity contribution in [2.24, 2.45) is 0 Å². The van der Waals surface area contributed by atoms with E-state index in [1.54, 1.807) is 0 Å². The van der Waals surface area contributed by atoms with E-state index in [1.807, 2.05) is 32.9 Å². The number of hydrogen-bond donors (Lipinski definition) is 1. The Morgan fingerprint density at radius 3 is 3.00 bits per heavy atom. The molecule has 0 radical (unpaired) electrons. The average Bonchev–Trinajstić information content (AvgIpc) is 2.87. The molecule has 2 atom stereocenters. The Morgan fingerprint density at radius 1 is 1.52 bits per heavy atom.